The van der Waals surface area contributed by atoms with Gasteiger partial charge in [0.2, 0.25) is 0 Å². The van der Waals surface area contributed by atoms with Gasteiger partial charge in [-0.3, -0.25) is 14.9 Å². The lowest BCUT2D eigenvalue weighted by molar-refractivity contribution is -0.387. The fourth-order valence-corrected chi connectivity index (χ4v) is 2.78. The average molecular weight is 392 g/mol. The van der Waals surface area contributed by atoms with Crippen LogP contribution in [0.15, 0.2) is 47.4 Å². The second kappa shape index (κ2) is 9.13. The first-order valence-corrected chi connectivity index (χ1v) is 9.02. The quantitative estimate of drug-likeness (QED) is 0.311. The predicted molar refractivity (Wildman–Crippen MR) is 98.0 cm³/mol. The summed E-state index contributed by atoms with van der Waals surface area (Å²) in [6.07, 6.45) is 1.69. The Morgan fingerprint density at radius 3 is 2.48 bits per heavy atom. The lowest BCUT2D eigenvalue weighted by Crippen LogP contribution is -2.30. The Bertz CT molecular complexity index is 857. The first kappa shape index (κ1) is 20.4. The zero-order valence-corrected chi connectivity index (χ0v) is 15.5. The molecule has 9 heteroatoms. The van der Waals surface area contributed by atoms with Crippen LogP contribution in [-0.2, 0) is 16.1 Å². The van der Waals surface area contributed by atoms with Gasteiger partial charge in [-0.2, -0.15) is 0 Å². The van der Waals surface area contributed by atoms with E-state index < -0.39 is 23.4 Å². The van der Waals surface area contributed by atoms with Gasteiger partial charge in [-0.05, 0) is 36.1 Å². The normalized spacial score (nSPS) is 10.3. The van der Waals surface area contributed by atoms with E-state index in [0.717, 1.165) is 11.6 Å². The molecule has 0 unspecified atom stereocenters. The monoisotopic (exact) mass is 392 g/mol. The summed E-state index contributed by atoms with van der Waals surface area (Å²) in [6, 6.07) is 9.68. The van der Waals surface area contributed by atoms with Crippen molar-refractivity contribution in [3.63, 3.8) is 0 Å². The van der Waals surface area contributed by atoms with Crippen molar-refractivity contribution in [1.82, 2.24) is 4.90 Å². The minimum atomic E-state index is -0.825. The summed E-state index contributed by atoms with van der Waals surface area (Å²) in [4.78, 5) is 36.4. The van der Waals surface area contributed by atoms with E-state index in [0.29, 0.717) is 4.90 Å². The molecule has 1 amide bonds. The number of hydrogen-bond acceptors (Lipinski definition) is 6. The zero-order chi connectivity index (χ0) is 20.0. The molecule has 2 aromatic rings. The van der Waals surface area contributed by atoms with Gasteiger partial charge in [0.25, 0.3) is 11.6 Å². The van der Waals surface area contributed by atoms with E-state index in [-0.39, 0.29) is 23.6 Å². The van der Waals surface area contributed by atoms with Crippen molar-refractivity contribution < 1.29 is 23.6 Å². The van der Waals surface area contributed by atoms with Crippen LogP contribution in [0.25, 0.3) is 0 Å². The number of hydrogen-bond donors (Lipinski definition) is 0. The number of nitro groups is 1. The summed E-state index contributed by atoms with van der Waals surface area (Å²) in [7, 11) is 1.53. The van der Waals surface area contributed by atoms with Crippen molar-refractivity contribution in [2.45, 2.75) is 11.4 Å². The summed E-state index contributed by atoms with van der Waals surface area (Å²) in [5.74, 6) is -1.65. The molecule has 0 bridgehead atoms. The van der Waals surface area contributed by atoms with E-state index in [1.54, 1.807) is 18.4 Å². The van der Waals surface area contributed by atoms with E-state index >= 15 is 0 Å². The van der Waals surface area contributed by atoms with Crippen LogP contribution in [0.5, 0.6) is 0 Å². The Morgan fingerprint density at radius 1 is 1.22 bits per heavy atom. The summed E-state index contributed by atoms with van der Waals surface area (Å²) in [5.41, 5.74) is 0.520. The van der Waals surface area contributed by atoms with E-state index in [1.165, 1.54) is 48.0 Å². The smallest absolute Gasteiger partial charge is 0.338 e. The summed E-state index contributed by atoms with van der Waals surface area (Å²) < 4.78 is 17.9. The SMILES string of the molecule is CSc1ccc(C(=O)OCC(=O)N(C)Cc2ccc(F)cc2)cc1[N+](=O)[O-]. The summed E-state index contributed by atoms with van der Waals surface area (Å²) in [5, 5.41) is 11.1. The Hall–Kier alpha value is -2.94. The number of halogens is 1. The minimum absolute atomic E-state index is 0.00603. The average Bonchev–Trinajstić information content (AvgIpc) is 2.66. The van der Waals surface area contributed by atoms with Crippen LogP contribution in [0.2, 0.25) is 0 Å². The van der Waals surface area contributed by atoms with Crippen molar-refractivity contribution in [2.75, 3.05) is 19.9 Å². The maximum Gasteiger partial charge on any atom is 0.338 e. The second-order valence-corrected chi connectivity index (χ2v) is 6.44. The molecule has 0 saturated heterocycles. The molecular weight excluding hydrogens is 375 g/mol. The van der Waals surface area contributed by atoms with Crippen molar-refractivity contribution in [3.8, 4) is 0 Å². The Labute approximate surface area is 159 Å². The lowest BCUT2D eigenvalue weighted by atomic mass is 10.2. The zero-order valence-electron chi connectivity index (χ0n) is 14.7. The van der Waals surface area contributed by atoms with Crippen molar-refractivity contribution in [1.29, 1.82) is 0 Å². The number of benzene rings is 2. The van der Waals surface area contributed by atoms with Gasteiger partial charge < -0.3 is 9.64 Å². The standard InChI is InChI=1S/C18H17FN2O5S/c1-20(10-12-3-6-14(19)7-4-12)17(22)11-26-18(23)13-5-8-16(27-2)15(9-13)21(24)25/h3-9H,10-11H2,1-2H3. The van der Waals surface area contributed by atoms with E-state index in [4.69, 9.17) is 4.74 Å². The molecule has 0 aliphatic rings. The number of esters is 1. The molecule has 0 saturated carbocycles. The van der Waals surface area contributed by atoms with Gasteiger partial charge in [0.15, 0.2) is 6.61 Å². The molecule has 0 spiro atoms. The molecule has 0 heterocycles. The minimum Gasteiger partial charge on any atom is -0.452 e. The molecule has 142 valence electrons. The van der Waals surface area contributed by atoms with Crippen molar-refractivity contribution >= 4 is 29.3 Å². The van der Waals surface area contributed by atoms with Crippen LogP contribution >= 0.6 is 11.8 Å². The molecule has 2 rings (SSSR count). The maximum atomic E-state index is 12.9. The third-order valence-corrected chi connectivity index (χ3v) is 4.48. The van der Waals surface area contributed by atoms with Gasteiger partial charge in [-0.1, -0.05) is 12.1 Å². The van der Waals surface area contributed by atoms with E-state index in [1.807, 2.05) is 0 Å². The van der Waals surface area contributed by atoms with Gasteiger partial charge >= 0.3 is 5.97 Å². The van der Waals surface area contributed by atoms with Crippen LogP contribution in [0, 0.1) is 15.9 Å². The van der Waals surface area contributed by atoms with Gasteiger partial charge in [0, 0.05) is 19.7 Å². The van der Waals surface area contributed by atoms with E-state index in [9.17, 15) is 24.1 Å². The highest BCUT2D eigenvalue weighted by Gasteiger charge is 2.19. The van der Waals surface area contributed by atoms with Crippen LogP contribution in [0.1, 0.15) is 15.9 Å². The Balaban J connectivity index is 1.96. The highest BCUT2D eigenvalue weighted by Crippen LogP contribution is 2.28. The number of ether oxygens (including phenoxy) is 1. The Kier molecular flexibility index (Phi) is 6.89. The number of rotatable bonds is 7. The number of carbonyl (C=O) groups is 2. The molecular formula is C18H17FN2O5S. The number of thioether (sulfide) groups is 1. The van der Waals surface area contributed by atoms with Crippen LogP contribution in [-0.4, -0.2) is 41.6 Å². The van der Waals surface area contributed by atoms with E-state index in [2.05, 4.69) is 0 Å². The third-order valence-electron chi connectivity index (χ3n) is 3.70. The van der Waals surface area contributed by atoms with Gasteiger partial charge in [-0.25, -0.2) is 9.18 Å². The van der Waals surface area contributed by atoms with Crippen LogP contribution in [0.4, 0.5) is 10.1 Å². The first-order chi connectivity index (χ1) is 12.8. The van der Waals surface area contributed by atoms with Crippen molar-refractivity contribution in [3.05, 3.63) is 69.5 Å². The molecule has 7 nitrogen and oxygen atoms in total. The molecule has 0 aliphatic carbocycles. The molecule has 0 atom stereocenters. The predicted octanol–water partition coefficient (Wildman–Crippen LogP) is 3.27. The third kappa shape index (κ3) is 5.52. The number of nitro benzene ring substituents is 1. The van der Waals surface area contributed by atoms with Crippen molar-refractivity contribution in [2.24, 2.45) is 0 Å². The number of nitrogens with zero attached hydrogens (tertiary/aromatic N) is 2. The molecule has 0 aliphatic heterocycles. The summed E-state index contributed by atoms with van der Waals surface area (Å²) in [6.45, 7) is -0.279. The van der Waals surface area contributed by atoms with Gasteiger partial charge in [0.05, 0.1) is 15.4 Å². The fraction of sp³-hybridized carbons (Fsp3) is 0.222. The lowest BCUT2D eigenvalue weighted by Gasteiger charge is -2.17. The van der Waals surface area contributed by atoms with Crippen LogP contribution < -0.4 is 0 Å². The molecule has 0 N–H and O–H groups in total. The number of amides is 1. The van der Waals surface area contributed by atoms with Gasteiger partial charge in [0.1, 0.15) is 5.82 Å². The fourth-order valence-electron chi connectivity index (χ4n) is 2.23. The highest BCUT2D eigenvalue weighted by atomic mass is 32.2. The summed E-state index contributed by atoms with van der Waals surface area (Å²) >= 11 is 1.19. The molecule has 0 aromatic heterocycles. The molecule has 27 heavy (non-hydrogen) atoms. The highest BCUT2D eigenvalue weighted by molar-refractivity contribution is 7.98. The largest absolute Gasteiger partial charge is 0.452 e. The second-order valence-electron chi connectivity index (χ2n) is 5.60. The first-order valence-electron chi connectivity index (χ1n) is 7.79. The Morgan fingerprint density at radius 2 is 1.89 bits per heavy atom. The number of carbonyl (C=O) groups excluding carboxylic acids is 2. The number of likely N-dealkylation sites (N-methyl/N-ethyl adjacent to an activating group) is 1. The molecule has 0 fully saturated rings. The van der Waals surface area contributed by atoms with Gasteiger partial charge in [-0.15, -0.1) is 11.8 Å². The topological polar surface area (TPSA) is 89.8 Å². The maximum absolute atomic E-state index is 12.9. The molecule has 2 aromatic carbocycles. The van der Waals surface area contributed by atoms with Crippen LogP contribution in [0.3, 0.4) is 0 Å². The molecule has 0 radical (unpaired) electrons.